The predicted octanol–water partition coefficient (Wildman–Crippen LogP) is 18.6. The smallest absolute Gasteiger partial charge is 0.164 e. The molecule has 0 saturated heterocycles. The molecule has 1 aliphatic rings. The molecule has 0 bridgehead atoms. The van der Waals surface area contributed by atoms with Crippen LogP contribution in [0.15, 0.2) is 237 Å². The molecule has 2 atom stereocenters. The Morgan fingerprint density at radius 3 is 1.09 bits per heavy atom. The first-order valence-electron chi connectivity index (χ1n) is 26.0. The third-order valence-electron chi connectivity index (χ3n) is 15.2. The summed E-state index contributed by atoms with van der Waals surface area (Å²) in [4.78, 5) is 18.8. The maximum absolute atomic E-state index is 5.43. The SMILES string of the molecule is Cc1cc(C(C)(C)C)cc(-c2ccccc2)c1N(c1c(-c2ccccc2)cc(-c2nc(-c3ccc(-c4ccccc4)cc3)nc(-c3ccc(-c4ccccc4)cc3)n2)cc1-c1ccccc1)C1C=C[C@@]1(C)C(C)C. The molecule has 1 aromatic heterocycles. The van der Waals surface area contributed by atoms with Crippen LogP contribution in [0.4, 0.5) is 11.4 Å². The van der Waals surface area contributed by atoms with E-state index in [1.54, 1.807) is 0 Å². The highest BCUT2D eigenvalue weighted by Gasteiger charge is 2.46. The van der Waals surface area contributed by atoms with E-state index in [1.165, 1.54) is 27.9 Å². The van der Waals surface area contributed by atoms with Gasteiger partial charge in [0.1, 0.15) is 0 Å². The van der Waals surface area contributed by atoms with E-state index in [1.807, 2.05) is 0 Å². The van der Waals surface area contributed by atoms with Gasteiger partial charge in [-0.1, -0.05) is 260 Å². The highest BCUT2D eigenvalue weighted by molar-refractivity contribution is 6.00. The van der Waals surface area contributed by atoms with Crippen molar-refractivity contribution in [1.82, 2.24) is 15.0 Å². The van der Waals surface area contributed by atoms with E-state index in [4.69, 9.17) is 15.0 Å². The highest BCUT2D eigenvalue weighted by atomic mass is 15.2. The molecule has 0 saturated carbocycles. The zero-order valence-corrected chi connectivity index (χ0v) is 43.5. The number of benzene rings is 9. The Balaban J connectivity index is 1.19. The van der Waals surface area contributed by atoms with Crippen LogP contribution in [0.25, 0.3) is 89.8 Å². The molecule has 9 aromatic carbocycles. The number of aromatic nitrogens is 3. The molecule has 74 heavy (non-hydrogen) atoms. The fourth-order valence-corrected chi connectivity index (χ4v) is 10.5. The molecule has 1 heterocycles. The Hall–Kier alpha value is -8.47. The Kier molecular flexibility index (Phi) is 12.8. The van der Waals surface area contributed by atoms with Crippen LogP contribution in [0.1, 0.15) is 52.7 Å². The lowest BCUT2D eigenvalue weighted by Gasteiger charge is -2.52. The van der Waals surface area contributed by atoms with Gasteiger partial charge in [-0.3, -0.25) is 0 Å². The Morgan fingerprint density at radius 2 is 0.743 bits per heavy atom. The van der Waals surface area contributed by atoms with Crippen molar-refractivity contribution in [3.63, 3.8) is 0 Å². The standard InChI is InChI=1S/C70H62N4/c1-47(2)70(7)42-41-63(70)74(64-48(3)43-59(69(4,5)6)46-62(64)55-31-21-12-22-32-55)65-60(53-27-17-10-18-28-53)44-58(45-61(65)54-29-19-11-20-30-54)68-72-66(56-37-33-51(34-38-56)49-23-13-8-14-24-49)71-67(73-68)57-39-35-52(36-40-57)50-25-15-9-16-26-50/h8-47,63H,1-7H3/t63?,70-/m0/s1. The maximum Gasteiger partial charge on any atom is 0.164 e. The predicted molar refractivity (Wildman–Crippen MR) is 311 cm³/mol. The van der Waals surface area contributed by atoms with Crippen LogP contribution in [0.3, 0.4) is 0 Å². The van der Waals surface area contributed by atoms with Crippen molar-refractivity contribution >= 4 is 11.4 Å². The van der Waals surface area contributed by atoms with Crippen LogP contribution in [-0.4, -0.2) is 21.0 Å². The summed E-state index contributed by atoms with van der Waals surface area (Å²) in [6.07, 6.45) is 4.86. The Morgan fingerprint density at radius 1 is 0.405 bits per heavy atom. The van der Waals surface area contributed by atoms with Crippen LogP contribution < -0.4 is 4.90 Å². The first-order chi connectivity index (χ1) is 35.9. The number of rotatable bonds is 12. The van der Waals surface area contributed by atoms with Gasteiger partial charge in [0.05, 0.1) is 17.4 Å². The first kappa shape index (κ1) is 47.8. The van der Waals surface area contributed by atoms with Crippen molar-refractivity contribution in [3.05, 3.63) is 248 Å². The van der Waals surface area contributed by atoms with Gasteiger partial charge < -0.3 is 4.90 Å². The largest absolute Gasteiger partial charge is 0.332 e. The van der Waals surface area contributed by atoms with Crippen molar-refractivity contribution in [2.24, 2.45) is 11.3 Å². The molecule has 4 nitrogen and oxygen atoms in total. The molecule has 0 aliphatic heterocycles. The van der Waals surface area contributed by atoms with Gasteiger partial charge in [-0.2, -0.15) is 0 Å². The van der Waals surface area contributed by atoms with Gasteiger partial charge in [-0.25, -0.2) is 15.0 Å². The van der Waals surface area contributed by atoms with Gasteiger partial charge in [0.15, 0.2) is 17.5 Å². The fourth-order valence-electron chi connectivity index (χ4n) is 10.5. The highest BCUT2D eigenvalue weighted by Crippen LogP contribution is 2.55. The molecule has 362 valence electrons. The molecular weight excluding hydrogens is 897 g/mol. The Bertz CT molecular complexity index is 3440. The van der Waals surface area contributed by atoms with Gasteiger partial charge in [0.25, 0.3) is 0 Å². The topological polar surface area (TPSA) is 41.9 Å². The van der Waals surface area contributed by atoms with Crippen molar-refractivity contribution in [1.29, 1.82) is 0 Å². The number of anilines is 2. The van der Waals surface area contributed by atoms with E-state index in [0.717, 1.165) is 66.9 Å². The molecule has 11 rings (SSSR count). The van der Waals surface area contributed by atoms with Crippen molar-refractivity contribution in [2.45, 2.75) is 59.9 Å². The summed E-state index contributed by atoms with van der Waals surface area (Å²) in [5.41, 5.74) is 18.8. The third-order valence-corrected chi connectivity index (χ3v) is 15.2. The van der Waals surface area contributed by atoms with Crippen LogP contribution in [0.5, 0.6) is 0 Å². The van der Waals surface area contributed by atoms with Crippen LogP contribution in [0.2, 0.25) is 0 Å². The average Bonchev–Trinajstić information content (AvgIpc) is 3.44. The number of aryl methyl sites for hydroxylation is 1. The monoisotopic (exact) mass is 958 g/mol. The summed E-state index contributed by atoms with van der Waals surface area (Å²) < 4.78 is 0. The van der Waals surface area contributed by atoms with Gasteiger partial charge in [0, 0.05) is 38.8 Å². The maximum atomic E-state index is 5.43. The Labute approximate surface area is 437 Å². The van der Waals surface area contributed by atoms with E-state index in [-0.39, 0.29) is 16.9 Å². The van der Waals surface area contributed by atoms with Gasteiger partial charge >= 0.3 is 0 Å². The number of hydrogen-bond donors (Lipinski definition) is 0. The number of hydrogen-bond acceptors (Lipinski definition) is 4. The van der Waals surface area contributed by atoms with E-state index in [0.29, 0.717) is 23.4 Å². The van der Waals surface area contributed by atoms with Crippen LogP contribution in [0, 0.1) is 18.3 Å². The van der Waals surface area contributed by atoms with E-state index in [9.17, 15) is 0 Å². The summed E-state index contributed by atoms with van der Waals surface area (Å²) in [6.45, 7) is 16.4. The molecule has 0 radical (unpaired) electrons. The van der Waals surface area contributed by atoms with Crippen LogP contribution >= 0.6 is 0 Å². The fraction of sp³-hybridized carbons (Fsp3) is 0.157. The lowest BCUT2D eigenvalue weighted by atomic mass is 9.64. The molecule has 1 unspecified atom stereocenters. The molecule has 0 spiro atoms. The molecule has 0 fully saturated rings. The molecular formula is C70H62N4. The summed E-state index contributed by atoms with van der Waals surface area (Å²) >= 11 is 0. The minimum Gasteiger partial charge on any atom is -0.332 e. The van der Waals surface area contributed by atoms with E-state index in [2.05, 4.69) is 290 Å². The molecule has 10 aromatic rings. The summed E-state index contributed by atoms with van der Waals surface area (Å²) in [5.74, 6) is 2.18. The summed E-state index contributed by atoms with van der Waals surface area (Å²) in [7, 11) is 0. The van der Waals surface area contributed by atoms with Gasteiger partial charge in [0.2, 0.25) is 0 Å². The quantitative estimate of drug-likeness (QED) is 0.114. The first-order valence-corrected chi connectivity index (χ1v) is 26.0. The summed E-state index contributed by atoms with van der Waals surface area (Å²) in [6, 6.07) is 80.4. The molecule has 0 amide bonds. The zero-order valence-electron chi connectivity index (χ0n) is 43.5. The van der Waals surface area contributed by atoms with Crippen molar-refractivity contribution in [3.8, 4) is 89.8 Å². The second-order valence-corrected chi connectivity index (χ2v) is 21.3. The van der Waals surface area contributed by atoms with E-state index >= 15 is 0 Å². The molecule has 4 heteroatoms. The molecule has 1 aliphatic carbocycles. The zero-order chi connectivity index (χ0) is 51.0. The van der Waals surface area contributed by atoms with Crippen molar-refractivity contribution in [2.75, 3.05) is 4.90 Å². The normalized spacial score (nSPS) is 15.2. The minimum absolute atomic E-state index is 0.0213. The lowest BCUT2D eigenvalue weighted by Crippen LogP contribution is -2.51. The second kappa shape index (κ2) is 19.9. The molecule has 0 N–H and O–H groups in total. The third kappa shape index (κ3) is 9.29. The van der Waals surface area contributed by atoms with Crippen LogP contribution in [-0.2, 0) is 5.41 Å². The second-order valence-electron chi connectivity index (χ2n) is 21.3. The minimum atomic E-state index is -0.145. The van der Waals surface area contributed by atoms with E-state index < -0.39 is 0 Å². The number of nitrogens with zero attached hydrogens (tertiary/aromatic N) is 4. The van der Waals surface area contributed by atoms with Gasteiger partial charge in [-0.05, 0) is 86.5 Å². The lowest BCUT2D eigenvalue weighted by molar-refractivity contribution is 0.234. The average molecular weight is 959 g/mol. The summed E-state index contributed by atoms with van der Waals surface area (Å²) in [5, 5.41) is 0. The van der Waals surface area contributed by atoms with Gasteiger partial charge in [-0.15, -0.1) is 0 Å². The van der Waals surface area contributed by atoms with Crippen molar-refractivity contribution < 1.29 is 0 Å².